The molecule has 4 rings (SSSR count). The molecule has 1 aliphatic heterocycles. The quantitative estimate of drug-likeness (QED) is 0.361. The van der Waals surface area contributed by atoms with E-state index in [1.165, 1.54) is 23.1 Å². The largest absolute Gasteiger partial charge is 0.466 e. The maximum atomic E-state index is 14.7. The topological polar surface area (TPSA) is 132 Å². The van der Waals surface area contributed by atoms with Gasteiger partial charge in [0.15, 0.2) is 0 Å². The van der Waals surface area contributed by atoms with Crippen LogP contribution in [-0.4, -0.2) is 39.2 Å². The standard InChI is InChI=1S/C30H24FN3O6/c1-38-28(35)21-13-12-19(15-23(21)31)18-10-7-11-20(14-18)34-26(30(37)40-3)25(29(36)39-2)24(22(16-32)27(34)33)17-8-5-4-6-9-17/h4-15,24H,33H2,1-3H3. The van der Waals surface area contributed by atoms with E-state index in [9.17, 15) is 24.0 Å². The van der Waals surface area contributed by atoms with Crippen molar-refractivity contribution in [1.82, 2.24) is 0 Å². The number of nitrogens with zero attached hydrogens (tertiary/aromatic N) is 2. The number of rotatable bonds is 6. The van der Waals surface area contributed by atoms with Gasteiger partial charge in [-0.2, -0.15) is 5.26 Å². The number of halogens is 1. The third-order valence-electron chi connectivity index (χ3n) is 6.42. The first-order valence-corrected chi connectivity index (χ1v) is 11.9. The summed E-state index contributed by atoms with van der Waals surface area (Å²) in [4.78, 5) is 39.5. The maximum Gasteiger partial charge on any atom is 0.355 e. The molecule has 0 bridgehead atoms. The second-order valence-corrected chi connectivity index (χ2v) is 8.57. The number of hydrogen-bond donors (Lipinski definition) is 1. The number of carbonyl (C=O) groups excluding carboxylic acids is 3. The van der Waals surface area contributed by atoms with Gasteiger partial charge in [-0.1, -0.05) is 48.5 Å². The van der Waals surface area contributed by atoms with Gasteiger partial charge in [0.1, 0.15) is 17.3 Å². The van der Waals surface area contributed by atoms with Crippen LogP contribution in [0.25, 0.3) is 11.1 Å². The molecule has 10 heteroatoms. The van der Waals surface area contributed by atoms with Gasteiger partial charge in [0, 0.05) is 5.69 Å². The summed E-state index contributed by atoms with van der Waals surface area (Å²) in [5, 5.41) is 10.2. The lowest BCUT2D eigenvalue weighted by molar-refractivity contribution is -0.139. The van der Waals surface area contributed by atoms with Gasteiger partial charge in [0.25, 0.3) is 0 Å². The highest BCUT2D eigenvalue weighted by molar-refractivity contribution is 6.06. The van der Waals surface area contributed by atoms with Crippen molar-refractivity contribution < 1.29 is 33.0 Å². The fourth-order valence-corrected chi connectivity index (χ4v) is 4.58. The van der Waals surface area contributed by atoms with Gasteiger partial charge in [-0.3, -0.25) is 4.90 Å². The molecule has 40 heavy (non-hydrogen) atoms. The van der Waals surface area contributed by atoms with Crippen molar-refractivity contribution in [1.29, 1.82) is 5.26 Å². The molecule has 0 saturated heterocycles. The molecule has 2 N–H and O–H groups in total. The van der Waals surface area contributed by atoms with Crippen molar-refractivity contribution >= 4 is 23.6 Å². The Balaban J connectivity index is 1.96. The Labute approximate surface area is 229 Å². The Morgan fingerprint density at radius 1 is 0.850 bits per heavy atom. The number of allylic oxidation sites excluding steroid dienone is 1. The monoisotopic (exact) mass is 541 g/mol. The number of nitriles is 1. The Kier molecular flexibility index (Phi) is 7.96. The van der Waals surface area contributed by atoms with Gasteiger partial charge in [0.2, 0.25) is 0 Å². The average Bonchev–Trinajstić information content (AvgIpc) is 2.99. The van der Waals surface area contributed by atoms with Gasteiger partial charge in [0.05, 0.1) is 50.0 Å². The predicted octanol–water partition coefficient (Wildman–Crippen LogP) is 4.18. The van der Waals surface area contributed by atoms with Crippen molar-refractivity contribution in [2.45, 2.75) is 5.92 Å². The summed E-state index contributed by atoms with van der Waals surface area (Å²) in [7, 11) is 3.47. The smallest absolute Gasteiger partial charge is 0.355 e. The van der Waals surface area contributed by atoms with E-state index < -0.39 is 29.6 Å². The predicted molar refractivity (Wildman–Crippen MR) is 143 cm³/mol. The summed E-state index contributed by atoms with van der Waals surface area (Å²) in [6.45, 7) is 0. The summed E-state index contributed by atoms with van der Waals surface area (Å²) in [6, 6.07) is 21.2. The van der Waals surface area contributed by atoms with Crippen LogP contribution in [0.15, 0.2) is 95.5 Å². The maximum absolute atomic E-state index is 14.7. The van der Waals surface area contributed by atoms with Crippen LogP contribution < -0.4 is 10.6 Å². The highest BCUT2D eigenvalue weighted by Gasteiger charge is 2.43. The highest BCUT2D eigenvalue weighted by Crippen LogP contribution is 2.43. The summed E-state index contributed by atoms with van der Waals surface area (Å²) in [5.41, 5.74) is 7.69. The lowest BCUT2D eigenvalue weighted by Crippen LogP contribution is -2.40. The first-order valence-electron chi connectivity index (χ1n) is 11.9. The van der Waals surface area contributed by atoms with Gasteiger partial charge in [-0.25, -0.2) is 18.8 Å². The first kappa shape index (κ1) is 27.6. The van der Waals surface area contributed by atoms with E-state index in [0.717, 1.165) is 21.3 Å². The van der Waals surface area contributed by atoms with Crippen LogP contribution in [0.2, 0.25) is 0 Å². The second kappa shape index (κ2) is 11.5. The van der Waals surface area contributed by atoms with Crippen molar-refractivity contribution in [2.24, 2.45) is 5.73 Å². The molecule has 0 fully saturated rings. The average molecular weight is 542 g/mol. The summed E-state index contributed by atoms with van der Waals surface area (Å²) in [5.74, 6) is -4.45. The molecule has 1 unspecified atom stereocenters. The van der Waals surface area contributed by atoms with Gasteiger partial charge in [-0.15, -0.1) is 0 Å². The van der Waals surface area contributed by atoms with Crippen LogP contribution in [-0.2, 0) is 23.8 Å². The number of hydrogen-bond acceptors (Lipinski definition) is 9. The summed E-state index contributed by atoms with van der Waals surface area (Å²) < 4.78 is 29.4. The summed E-state index contributed by atoms with van der Waals surface area (Å²) in [6.07, 6.45) is 0. The number of ether oxygens (including phenoxy) is 3. The minimum atomic E-state index is -1.01. The minimum absolute atomic E-state index is 0.0122. The number of methoxy groups -OCH3 is 3. The van der Waals surface area contributed by atoms with Crippen LogP contribution in [0.1, 0.15) is 21.8 Å². The first-order chi connectivity index (χ1) is 19.3. The molecule has 0 amide bonds. The van der Waals surface area contributed by atoms with Crippen LogP contribution in [0.5, 0.6) is 0 Å². The molecule has 0 saturated carbocycles. The van der Waals surface area contributed by atoms with Crippen LogP contribution in [0, 0.1) is 17.1 Å². The molecule has 0 spiro atoms. The summed E-state index contributed by atoms with van der Waals surface area (Å²) >= 11 is 0. The van der Waals surface area contributed by atoms with Crippen molar-refractivity contribution in [3.05, 3.63) is 112 Å². The molecule has 0 aliphatic carbocycles. The zero-order chi connectivity index (χ0) is 29.0. The molecule has 1 heterocycles. The fourth-order valence-electron chi connectivity index (χ4n) is 4.58. The lowest BCUT2D eigenvalue weighted by atomic mass is 9.81. The van der Waals surface area contributed by atoms with Gasteiger partial charge in [-0.05, 0) is 41.0 Å². The minimum Gasteiger partial charge on any atom is -0.466 e. The van der Waals surface area contributed by atoms with E-state index in [2.05, 4.69) is 10.8 Å². The molecule has 9 nitrogen and oxygen atoms in total. The highest BCUT2D eigenvalue weighted by atomic mass is 19.1. The molecule has 1 atom stereocenters. The molecule has 3 aromatic rings. The molecule has 0 aromatic heterocycles. The number of nitrogens with two attached hydrogens (primary N) is 1. The number of anilines is 1. The van der Waals surface area contributed by atoms with Gasteiger partial charge >= 0.3 is 17.9 Å². The fraction of sp³-hybridized carbons (Fsp3) is 0.133. The third kappa shape index (κ3) is 4.88. The Hall–Kier alpha value is -5.43. The second-order valence-electron chi connectivity index (χ2n) is 8.57. The van der Waals surface area contributed by atoms with E-state index in [1.54, 1.807) is 54.6 Å². The Morgan fingerprint density at radius 2 is 1.50 bits per heavy atom. The van der Waals surface area contributed by atoms with E-state index in [4.69, 9.17) is 15.2 Å². The molecular weight excluding hydrogens is 517 g/mol. The van der Waals surface area contributed by atoms with E-state index in [1.807, 2.05) is 0 Å². The molecule has 3 aromatic carbocycles. The zero-order valence-corrected chi connectivity index (χ0v) is 21.8. The molecule has 202 valence electrons. The zero-order valence-electron chi connectivity index (χ0n) is 21.8. The Morgan fingerprint density at radius 3 is 2.10 bits per heavy atom. The van der Waals surface area contributed by atoms with Crippen molar-refractivity contribution in [3.8, 4) is 17.2 Å². The third-order valence-corrected chi connectivity index (χ3v) is 6.42. The van der Waals surface area contributed by atoms with E-state index in [-0.39, 0.29) is 33.9 Å². The number of benzene rings is 3. The van der Waals surface area contributed by atoms with Gasteiger partial charge < -0.3 is 19.9 Å². The molecule has 1 aliphatic rings. The normalized spacial score (nSPS) is 14.9. The van der Waals surface area contributed by atoms with Crippen LogP contribution in [0.4, 0.5) is 10.1 Å². The Bertz CT molecular complexity index is 1610. The van der Waals surface area contributed by atoms with E-state index >= 15 is 0 Å². The van der Waals surface area contributed by atoms with Crippen LogP contribution in [0.3, 0.4) is 0 Å². The SMILES string of the molecule is COC(=O)C1=C(C(=O)OC)N(c2cccc(-c3ccc(C(=O)OC)c(F)c3)c2)C(N)=C(C#N)C1c1ccccc1. The van der Waals surface area contributed by atoms with E-state index in [0.29, 0.717) is 16.7 Å². The molecular formula is C30H24FN3O6. The van der Waals surface area contributed by atoms with Crippen LogP contribution >= 0.6 is 0 Å². The number of carbonyl (C=O) groups is 3. The van der Waals surface area contributed by atoms with Crippen molar-refractivity contribution in [3.63, 3.8) is 0 Å². The molecule has 0 radical (unpaired) electrons. The number of esters is 3. The van der Waals surface area contributed by atoms with Crippen molar-refractivity contribution in [2.75, 3.05) is 26.2 Å². The lowest BCUT2D eigenvalue weighted by Gasteiger charge is -2.36.